The molecule has 0 bridgehead atoms. The van der Waals surface area contributed by atoms with Gasteiger partial charge < -0.3 is 25.2 Å². The first-order chi connectivity index (χ1) is 14.4. The van der Waals surface area contributed by atoms with Gasteiger partial charge >= 0.3 is 5.97 Å². The normalized spacial score (nSPS) is 24.9. The second-order valence-electron chi connectivity index (χ2n) is 8.07. The molecular weight excluding hydrogens is 406 g/mol. The van der Waals surface area contributed by atoms with Gasteiger partial charge in [0.2, 0.25) is 0 Å². The molecule has 0 spiro atoms. The summed E-state index contributed by atoms with van der Waals surface area (Å²) < 4.78 is 5.75. The second kappa shape index (κ2) is 7.81. The van der Waals surface area contributed by atoms with Gasteiger partial charge in [-0.25, -0.2) is 0 Å². The number of Topliss-reactive ketones (excluding diaryl/α,β-unsaturated/α-hetero) is 2. The summed E-state index contributed by atoms with van der Waals surface area (Å²) in [5.74, 6) is -3.78. The minimum atomic E-state index is -1.50. The van der Waals surface area contributed by atoms with Gasteiger partial charge in [-0.3, -0.25) is 19.4 Å². The molecule has 0 radical (unpaired) electrons. The number of carboxylic acids is 1. The first kappa shape index (κ1) is 22.5. The number of aromatic hydroxyl groups is 2. The average Bonchev–Trinajstić information content (AvgIpc) is 2.96. The van der Waals surface area contributed by atoms with Crippen LogP contribution < -0.4 is 4.74 Å². The van der Waals surface area contributed by atoms with Crippen LogP contribution >= 0.6 is 0 Å². The Kier molecular flexibility index (Phi) is 5.66. The lowest BCUT2D eigenvalue weighted by molar-refractivity contribution is -0.137. The van der Waals surface area contributed by atoms with E-state index in [1.165, 1.54) is 26.8 Å². The van der Waals surface area contributed by atoms with Gasteiger partial charge in [0.05, 0.1) is 17.6 Å². The van der Waals surface area contributed by atoms with Crippen molar-refractivity contribution in [3.05, 3.63) is 28.5 Å². The van der Waals surface area contributed by atoms with E-state index in [0.717, 1.165) is 0 Å². The van der Waals surface area contributed by atoms with Crippen molar-refractivity contribution in [2.75, 3.05) is 6.54 Å². The zero-order valence-electron chi connectivity index (χ0n) is 17.7. The number of phenols is 2. The first-order valence-electron chi connectivity index (χ1n) is 9.88. The number of carboxylic acid groups (broad SMARTS) is 1. The Labute approximate surface area is 178 Å². The lowest BCUT2D eigenvalue weighted by Crippen LogP contribution is -2.48. The summed E-state index contributed by atoms with van der Waals surface area (Å²) in [5.41, 5.74) is -1.19. The van der Waals surface area contributed by atoms with Gasteiger partial charge in [-0.1, -0.05) is 0 Å². The fourth-order valence-corrected chi connectivity index (χ4v) is 4.24. The number of carbonyl (C=O) groups is 3. The molecule has 9 heteroatoms. The number of aliphatic hydroxyl groups excluding tert-OH is 1. The number of ketones is 2. The Bertz CT molecular complexity index is 1050. The fraction of sp³-hybridized carbons (Fsp3) is 0.455. The summed E-state index contributed by atoms with van der Waals surface area (Å²) in [6.45, 7) is 5.96. The molecule has 31 heavy (non-hydrogen) atoms. The number of ether oxygens (including phenoxy) is 1. The maximum absolute atomic E-state index is 13.6. The van der Waals surface area contributed by atoms with Crippen LogP contribution in [0, 0.1) is 12.8 Å². The molecule has 166 valence electrons. The molecule has 0 fully saturated rings. The standard InChI is InChI=1S/C22H25NO8/c1-9-18(28)16(11(3)24)20-17(19(9)29)22(4)13(31-20)8-12(25)15(21(22)30)10(2)23-7-5-6-14(26)27/h8,12,15,25,28-29H,5-7H2,1-4H3,(H,26,27). The molecule has 1 aliphatic heterocycles. The zero-order valence-corrected chi connectivity index (χ0v) is 17.7. The number of aliphatic hydroxyl groups is 1. The highest BCUT2D eigenvalue weighted by molar-refractivity contribution is 6.13. The quantitative estimate of drug-likeness (QED) is 0.303. The molecule has 1 aromatic carbocycles. The Balaban J connectivity index is 2.10. The third-order valence-corrected chi connectivity index (χ3v) is 5.99. The summed E-state index contributed by atoms with van der Waals surface area (Å²) in [4.78, 5) is 40.7. The largest absolute Gasteiger partial charge is 0.507 e. The van der Waals surface area contributed by atoms with Gasteiger partial charge in [-0.05, 0) is 40.2 Å². The van der Waals surface area contributed by atoms with E-state index in [-0.39, 0.29) is 53.3 Å². The van der Waals surface area contributed by atoms with Crippen LogP contribution in [0.1, 0.15) is 55.1 Å². The summed E-state index contributed by atoms with van der Waals surface area (Å²) in [7, 11) is 0. The average molecular weight is 431 g/mol. The highest BCUT2D eigenvalue weighted by Gasteiger charge is 2.57. The van der Waals surface area contributed by atoms with Crippen molar-refractivity contribution < 1.29 is 39.5 Å². The van der Waals surface area contributed by atoms with Crippen LogP contribution in [-0.2, 0) is 15.0 Å². The first-order valence-corrected chi connectivity index (χ1v) is 9.88. The monoisotopic (exact) mass is 431 g/mol. The third kappa shape index (κ3) is 3.38. The van der Waals surface area contributed by atoms with Gasteiger partial charge in [0.1, 0.15) is 34.0 Å². The van der Waals surface area contributed by atoms with Gasteiger partial charge in [0.15, 0.2) is 11.6 Å². The maximum atomic E-state index is 13.6. The SMILES string of the molecule is CC(=O)c1c(O)c(C)c(O)c2c1OC1=CC(O)C(C(C)=NCCCC(=O)O)C(=O)C12C. The van der Waals surface area contributed by atoms with E-state index >= 15 is 0 Å². The van der Waals surface area contributed by atoms with Crippen molar-refractivity contribution in [2.45, 2.75) is 52.1 Å². The number of aliphatic imine (C=N–C) groups is 1. The number of fused-ring (bicyclic) bond motifs is 3. The van der Waals surface area contributed by atoms with Gasteiger partial charge in [-0.15, -0.1) is 0 Å². The molecular formula is C22H25NO8. The lowest BCUT2D eigenvalue weighted by Gasteiger charge is -2.34. The third-order valence-electron chi connectivity index (χ3n) is 5.99. The molecule has 2 aliphatic rings. The molecule has 0 saturated heterocycles. The summed E-state index contributed by atoms with van der Waals surface area (Å²) in [5, 5.41) is 40.5. The van der Waals surface area contributed by atoms with Crippen LogP contribution in [0.2, 0.25) is 0 Å². The number of benzene rings is 1. The fourth-order valence-electron chi connectivity index (χ4n) is 4.24. The van der Waals surface area contributed by atoms with Crippen molar-refractivity contribution >= 4 is 23.2 Å². The Morgan fingerprint density at radius 2 is 1.87 bits per heavy atom. The van der Waals surface area contributed by atoms with Crippen LogP contribution in [0.5, 0.6) is 17.2 Å². The molecule has 9 nitrogen and oxygen atoms in total. The summed E-state index contributed by atoms with van der Waals surface area (Å²) >= 11 is 0. The summed E-state index contributed by atoms with van der Waals surface area (Å²) in [6.07, 6.45) is 0.310. The maximum Gasteiger partial charge on any atom is 0.303 e. The molecule has 0 amide bonds. The van der Waals surface area contributed by atoms with Crippen molar-refractivity contribution in [2.24, 2.45) is 10.9 Å². The smallest absolute Gasteiger partial charge is 0.303 e. The highest BCUT2D eigenvalue weighted by Crippen LogP contribution is 2.57. The Hall–Kier alpha value is -3.20. The lowest BCUT2D eigenvalue weighted by atomic mass is 9.66. The number of hydrogen-bond acceptors (Lipinski definition) is 8. The van der Waals surface area contributed by atoms with Crippen LogP contribution in [-0.4, -0.2) is 56.3 Å². The van der Waals surface area contributed by atoms with E-state index < -0.39 is 40.7 Å². The number of carbonyl (C=O) groups excluding carboxylic acids is 2. The van der Waals surface area contributed by atoms with E-state index in [4.69, 9.17) is 9.84 Å². The molecule has 3 rings (SSSR count). The number of aliphatic carboxylic acids is 1. The van der Waals surface area contributed by atoms with Gasteiger partial charge in [-0.2, -0.15) is 0 Å². The number of phenolic OH excluding ortho intramolecular Hbond substituents is 2. The Morgan fingerprint density at radius 3 is 2.45 bits per heavy atom. The molecule has 1 aliphatic carbocycles. The van der Waals surface area contributed by atoms with E-state index in [1.54, 1.807) is 6.92 Å². The number of nitrogens with zero attached hydrogens (tertiary/aromatic N) is 1. The van der Waals surface area contributed by atoms with Crippen LogP contribution in [0.15, 0.2) is 16.8 Å². The van der Waals surface area contributed by atoms with Gasteiger partial charge in [0.25, 0.3) is 0 Å². The van der Waals surface area contributed by atoms with Crippen LogP contribution in [0.25, 0.3) is 0 Å². The van der Waals surface area contributed by atoms with Crippen molar-refractivity contribution in [1.82, 2.24) is 0 Å². The predicted molar refractivity (Wildman–Crippen MR) is 110 cm³/mol. The molecule has 0 aromatic heterocycles. The zero-order chi connectivity index (χ0) is 23.2. The minimum Gasteiger partial charge on any atom is -0.507 e. The number of allylic oxidation sites excluding steroid dienone is 1. The van der Waals surface area contributed by atoms with Crippen molar-refractivity contribution in [1.29, 1.82) is 0 Å². The molecule has 0 saturated carbocycles. The topological polar surface area (TPSA) is 154 Å². The number of hydrogen-bond donors (Lipinski definition) is 4. The Morgan fingerprint density at radius 1 is 1.23 bits per heavy atom. The van der Waals surface area contributed by atoms with E-state index in [0.29, 0.717) is 5.71 Å². The van der Waals surface area contributed by atoms with Crippen LogP contribution in [0.3, 0.4) is 0 Å². The second-order valence-corrected chi connectivity index (χ2v) is 8.07. The number of rotatable bonds is 6. The van der Waals surface area contributed by atoms with E-state index in [2.05, 4.69) is 4.99 Å². The molecule has 3 atom stereocenters. The van der Waals surface area contributed by atoms with E-state index in [1.807, 2.05) is 0 Å². The molecule has 4 N–H and O–H groups in total. The highest BCUT2D eigenvalue weighted by atomic mass is 16.5. The minimum absolute atomic E-state index is 0.0459. The summed E-state index contributed by atoms with van der Waals surface area (Å²) in [6, 6.07) is 0. The molecule has 1 heterocycles. The van der Waals surface area contributed by atoms with Gasteiger partial charge in [0, 0.05) is 24.2 Å². The molecule has 3 unspecified atom stereocenters. The van der Waals surface area contributed by atoms with Crippen molar-refractivity contribution in [3.63, 3.8) is 0 Å². The molecule has 1 aromatic rings. The van der Waals surface area contributed by atoms with Crippen molar-refractivity contribution in [3.8, 4) is 17.2 Å². The van der Waals surface area contributed by atoms with E-state index in [9.17, 15) is 29.7 Å². The predicted octanol–water partition coefficient (Wildman–Crippen LogP) is 2.03. The van der Waals surface area contributed by atoms with Crippen LogP contribution in [0.4, 0.5) is 0 Å².